The SMILES string of the molecule is CC(=O)Oc1cccc2cc(C(=O)NCCN3CCN(C(C)SCc4ccccc4)CC3)c(O)cc12. The van der Waals surface area contributed by atoms with E-state index in [1.165, 1.54) is 18.6 Å². The second-order valence-electron chi connectivity index (χ2n) is 8.97. The van der Waals surface area contributed by atoms with Crippen LogP contribution in [0.2, 0.25) is 0 Å². The zero-order valence-corrected chi connectivity index (χ0v) is 21.6. The molecule has 0 spiro atoms. The van der Waals surface area contributed by atoms with E-state index >= 15 is 0 Å². The fourth-order valence-corrected chi connectivity index (χ4v) is 5.43. The maximum atomic E-state index is 12.8. The average molecular weight is 508 g/mol. The van der Waals surface area contributed by atoms with Crippen molar-refractivity contribution in [3.63, 3.8) is 0 Å². The number of phenols is 1. The highest BCUT2D eigenvalue weighted by Gasteiger charge is 2.21. The molecular weight excluding hydrogens is 474 g/mol. The van der Waals surface area contributed by atoms with Gasteiger partial charge in [0, 0.05) is 57.3 Å². The molecule has 1 amide bonds. The number of piperazine rings is 1. The Labute approximate surface area is 216 Å². The minimum atomic E-state index is -0.440. The molecular formula is C28H33N3O4S. The van der Waals surface area contributed by atoms with Gasteiger partial charge in [0.15, 0.2) is 0 Å². The van der Waals surface area contributed by atoms with Gasteiger partial charge in [-0.1, -0.05) is 42.5 Å². The standard InChI is InChI=1S/C28H33N3O4S/c1-20(36-19-22-7-4-3-5-8-22)31-15-13-30(14-16-31)12-11-29-28(34)25-17-23-9-6-10-27(35-21(2)32)24(23)18-26(25)33/h3-10,17-18,20,33H,11-16,19H2,1-2H3,(H,29,34). The van der Waals surface area contributed by atoms with E-state index in [9.17, 15) is 14.7 Å². The van der Waals surface area contributed by atoms with E-state index in [0.29, 0.717) is 28.4 Å². The number of phenolic OH excluding ortho intramolecular Hbond substituents is 1. The highest BCUT2D eigenvalue weighted by atomic mass is 32.2. The first-order valence-corrected chi connectivity index (χ1v) is 13.3. The molecule has 2 N–H and O–H groups in total. The van der Waals surface area contributed by atoms with Gasteiger partial charge in [0.1, 0.15) is 11.5 Å². The summed E-state index contributed by atoms with van der Waals surface area (Å²) < 4.78 is 5.21. The summed E-state index contributed by atoms with van der Waals surface area (Å²) in [7, 11) is 0. The number of amides is 1. The van der Waals surface area contributed by atoms with Crippen molar-refractivity contribution in [2.24, 2.45) is 0 Å². The lowest BCUT2D eigenvalue weighted by molar-refractivity contribution is -0.131. The van der Waals surface area contributed by atoms with E-state index in [2.05, 4.69) is 46.3 Å². The third kappa shape index (κ3) is 6.78. The molecule has 1 atom stereocenters. The number of rotatable bonds is 9. The Kier molecular flexibility index (Phi) is 8.85. The van der Waals surface area contributed by atoms with E-state index in [1.54, 1.807) is 18.2 Å². The number of ether oxygens (including phenoxy) is 1. The molecule has 1 aliphatic rings. The summed E-state index contributed by atoms with van der Waals surface area (Å²) in [6.07, 6.45) is 0. The molecule has 1 heterocycles. The molecule has 8 heteroatoms. The Hall–Kier alpha value is -3.07. The molecule has 190 valence electrons. The Bertz CT molecular complexity index is 1200. The predicted molar refractivity (Wildman–Crippen MR) is 144 cm³/mol. The number of nitrogens with zero attached hydrogens (tertiary/aromatic N) is 2. The van der Waals surface area contributed by atoms with Crippen LogP contribution in [-0.4, -0.2) is 71.4 Å². The fraction of sp³-hybridized carbons (Fsp3) is 0.357. The second-order valence-corrected chi connectivity index (χ2v) is 10.3. The maximum Gasteiger partial charge on any atom is 0.308 e. The summed E-state index contributed by atoms with van der Waals surface area (Å²) in [6, 6.07) is 18.9. The van der Waals surface area contributed by atoms with Crippen molar-refractivity contribution in [3.8, 4) is 11.5 Å². The maximum absolute atomic E-state index is 12.8. The van der Waals surface area contributed by atoms with E-state index in [0.717, 1.165) is 38.5 Å². The van der Waals surface area contributed by atoms with Gasteiger partial charge in [-0.05, 0) is 36.1 Å². The molecule has 0 aliphatic carbocycles. The molecule has 1 saturated heterocycles. The first-order valence-electron chi connectivity index (χ1n) is 12.2. The van der Waals surface area contributed by atoms with Crippen LogP contribution in [0.3, 0.4) is 0 Å². The number of aromatic hydroxyl groups is 1. The van der Waals surface area contributed by atoms with Crippen LogP contribution in [0.15, 0.2) is 60.7 Å². The molecule has 7 nitrogen and oxygen atoms in total. The molecule has 3 aromatic rings. The van der Waals surface area contributed by atoms with Gasteiger partial charge < -0.3 is 15.2 Å². The molecule has 0 bridgehead atoms. The summed E-state index contributed by atoms with van der Waals surface area (Å²) in [5, 5.41) is 15.1. The number of carbonyl (C=O) groups excluding carboxylic acids is 2. The van der Waals surface area contributed by atoms with E-state index in [1.807, 2.05) is 23.9 Å². The van der Waals surface area contributed by atoms with Crippen LogP contribution in [0.1, 0.15) is 29.8 Å². The van der Waals surface area contributed by atoms with Crippen LogP contribution >= 0.6 is 11.8 Å². The number of fused-ring (bicyclic) bond motifs is 1. The number of hydrogen-bond donors (Lipinski definition) is 2. The predicted octanol–water partition coefficient (Wildman–Crippen LogP) is 4.10. The number of thioether (sulfide) groups is 1. The zero-order valence-electron chi connectivity index (χ0n) is 20.8. The molecule has 36 heavy (non-hydrogen) atoms. The van der Waals surface area contributed by atoms with Crippen LogP contribution in [0.5, 0.6) is 11.5 Å². The molecule has 1 unspecified atom stereocenters. The second kappa shape index (κ2) is 12.3. The lowest BCUT2D eigenvalue weighted by Crippen LogP contribution is -2.50. The summed E-state index contributed by atoms with van der Waals surface area (Å²) >= 11 is 1.96. The third-order valence-corrected chi connectivity index (χ3v) is 7.70. The zero-order chi connectivity index (χ0) is 25.5. The van der Waals surface area contributed by atoms with Gasteiger partial charge in [0.05, 0.1) is 10.9 Å². The monoisotopic (exact) mass is 507 g/mol. The number of carbonyl (C=O) groups is 2. The quantitative estimate of drug-likeness (QED) is 0.333. The molecule has 1 fully saturated rings. The van der Waals surface area contributed by atoms with Crippen molar-refractivity contribution >= 4 is 34.4 Å². The first kappa shape index (κ1) is 26.0. The number of esters is 1. The largest absolute Gasteiger partial charge is 0.507 e. The summed E-state index contributed by atoms with van der Waals surface area (Å²) in [5.74, 6) is 0.465. The van der Waals surface area contributed by atoms with Gasteiger partial charge in [-0.2, -0.15) is 0 Å². The molecule has 0 aromatic heterocycles. The Balaban J connectivity index is 1.23. The molecule has 0 radical (unpaired) electrons. The Morgan fingerprint density at radius 1 is 1.06 bits per heavy atom. The van der Waals surface area contributed by atoms with Gasteiger partial charge in [-0.3, -0.25) is 19.4 Å². The summed E-state index contributed by atoms with van der Waals surface area (Å²) in [5.41, 5.74) is 1.56. The van der Waals surface area contributed by atoms with Crippen LogP contribution < -0.4 is 10.1 Å². The van der Waals surface area contributed by atoms with Gasteiger partial charge in [0.25, 0.3) is 5.91 Å². The van der Waals surface area contributed by atoms with Crippen molar-refractivity contribution in [1.82, 2.24) is 15.1 Å². The summed E-state index contributed by atoms with van der Waals surface area (Å²) in [4.78, 5) is 29.0. The fourth-order valence-electron chi connectivity index (χ4n) is 4.38. The van der Waals surface area contributed by atoms with E-state index < -0.39 is 5.97 Å². The minimum absolute atomic E-state index is 0.143. The van der Waals surface area contributed by atoms with Crippen molar-refractivity contribution in [2.75, 3.05) is 39.3 Å². The Morgan fingerprint density at radius 2 is 1.81 bits per heavy atom. The van der Waals surface area contributed by atoms with Crippen LogP contribution in [-0.2, 0) is 10.5 Å². The van der Waals surface area contributed by atoms with Gasteiger partial charge in [-0.25, -0.2) is 0 Å². The van der Waals surface area contributed by atoms with Crippen molar-refractivity contribution in [1.29, 1.82) is 0 Å². The molecule has 4 rings (SSSR count). The van der Waals surface area contributed by atoms with Crippen LogP contribution in [0, 0.1) is 0 Å². The first-order chi connectivity index (χ1) is 17.4. The summed E-state index contributed by atoms with van der Waals surface area (Å²) in [6.45, 7) is 8.80. The van der Waals surface area contributed by atoms with Crippen molar-refractivity contribution < 1.29 is 19.4 Å². The van der Waals surface area contributed by atoms with Gasteiger partial charge >= 0.3 is 5.97 Å². The van der Waals surface area contributed by atoms with Gasteiger partial charge in [0.2, 0.25) is 0 Å². The normalized spacial score (nSPS) is 15.5. The van der Waals surface area contributed by atoms with Gasteiger partial charge in [-0.15, -0.1) is 11.8 Å². The third-order valence-electron chi connectivity index (χ3n) is 6.42. The van der Waals surface area contributed by atoms with Crippen molar-refractivity contribution in [3.05, 3.63) is 71.8 Å². The smallest absolute Gasteiger partial charge is 0.308 e. The Morgan fingerprint density at radius 3 is 2.53 bits per heavy atom. The van der Waals surface area contributed by atoms with Crippen LogP contribution in [0.25, 0.3) is 10.8 Å². The van der Waals surface area contributed by atoms with Crippen molar-refractivity contribution in [2.45, 2.75) is 25.0 Å². The lowest BCUT2D eigenvalue weighted by Gasteiger charge is -2.37. The minimum Gasteiger partial charge on any atom is -0.507 e. The van der Waals surface area contributed by atoms with Crippen LogP contribution in [0.4, 0.5) is 0 Å². The van der Waals surface area contributed by atoms with E-state index in [4.69, 9.17) is 4.74 Å². The molecule has 1 aliphatic heterocycles. The highest BCUT2D eigenvalue weighted by molar-refractivity contribution is 7.99. The molecule has 3 aromatic carbocycles. The number of hydrogen-bond acceptors (Lipinski definition) is 7. The molecule has 0 saturated carbocycles. The topological polar surface area (TPSA) is 82.1 Å². The number of nitrogens with one attached hydrogen (secondary N) is 1. The average Bonchev–Trinajstić information content (AvgIpc) is 2.88. The highest BCUT2D eigenvalue weighted by Crippen LogP contribution is 2.31. The van der Waals surface area contributed by atoms with E-state index in [-0.39, 0.29) is 17.2 Å². The number of benzene rings is 3. The lowest BCUT2D eigenvalue weighted by atomic mass is 10.0.